The number of amides is 1. The van der Waals surface area contributed by atoms with Crippen molar-refractivity contribution < 1.29 is 4.79 Å². The number of anilines is 1. The smallest absolute Gasteiger partial charge is 0.275 e. The van der Waals surface area contributed by atoms with Crippen LogP contribution in [0.25, 0.3) is 11.4 Å². The number of carbonyl (C=O) groups is 1. The number of tetrazole rings is 1. The quantitative estimate of drug-likeness (QED) is 0.759. The topological polar surface area (TPSA) is 96.5 Å². The lowest BCUT2D eigenvalue weighted by molar-refractivity contribution is 0.102. The number of rotatable bonds is 3. The van der Waals surface area contributed by atoms with E-state index < -0.39 is 0 Å². The Morgan fingerprint density at radius 3 is 2.90 bits per heavy atom. The molecule has 0 unspecified atom stereocenters. The fourth-order valence-electron chi connectivity index (χ4n) is 1.76. The number of hydrogen-bond acceptors (Lipinski definition) is 5. The van der Waals surface area contributed by atoms with E-state index in [0.29, 0.717) is 21.7 Å². The Bertz CT molecular complexity index is 774. The van der Waals surface area contributed by atoms with Crippen molar-refractivity contribution in [2.24, 2.45) is 0 Å². The average molecular weight is 345 g/mol. The van der Waals surface area contributed by atoms with Crippen molar-refractivity contribution in [3.63, 3.8) is 0 Å². The molecule has 0 aliphatic carbocycles. The molecule has 1 amide bonds. The summed E-state index contributed by atoms with van der Waals surface area (Å²) in [5, 5.41) is 16.5. The molecular weight excluding hydrogens is 336 g/mol. The molecule has 0 saturated heterocycles. The zero-order chi connectivity index (χ0) is 14.7. The molecule has 0 aliphatic heterocycles. The van der Waals surface area contributed by atoms with Crippen molar-refractivity contribution in [2.75, 3.05) is 5.32 Å². The number of nitrogens with zero attached hydrogens (tertiary/aromatic N) is 4. The molecule has 8 heteroatoms. The van der Waals surface area contributed by atoms with Gasteiger partial charge in [0.05, 0.1) is 0 Å². The molecular formula is C13H9BrN6O. The highest BCUT2D eigenvalue weighted by Crippen LogP contribution is 2.20. The number of aromatic amines is 1. The molecule has 0 spiro atoms. The van der Waals surface area contributed by atoms with Crippen molar-refractivity contribution in [3.05, 3.63) is 52.8 Å². The molecule has 21 heavy (non-hydrogen) atoms. The summed E-state index contributed by atoms with van der Waals surface area (Å²) in [5.41, 5.74) is 1.70. The molecule has 0 radical (unpaired) electrons. The number of aromatic nitrogens is 5. The van der Waals surface area contributed by atoms with Gasteiger partial charge in [-0.15, -0.1) is 10.2 Å². The van der Waals surface area contributed by atoms with Crippen LogP contribution < -0.4 is 5.32 Å². The Hall–Kier alpha value is -2.61. The summed E-state index contributed by atoms with van der Waals surface area (Å²) in [6.45, 7) is 0. The minimum absolute atomic E-state index is 0.298. The zero-order valence-electron chi connectivity index (χ0n) is 10.6. The molecule has 0 saturated carbocycles. The third kappa shape index (κ3) is 2.95. The van der Waals surface area contributed by atoms with Gasteiger partial charge in [-0.25, -0.2) is 4.98 Å². The van der Waals surface area contributed by atoms with Crippen molar-refractivity contribution in [1.29, 1.82) is 0 Å². The third-order valence-electron chi connectivity index (χ3n) is 2.70. The maximum absolute atomic E-state index is 12.2. The number of pyridine rings is 1. The van der Waals surface area contributed by atoms with Gasteiger partial charge in [-0.2, -0.15) is 5.21 Å². The van der Waals surface area contributed by atoms with Gasteiger partial charge in [-0.3, -0.25) is 4.79 Å². The second-order valence-corrected chi connectivity index (χ2v) is 4.96. The Labute approximate surface area is 127 Å². The summed E-state index contributed by atoms with van der Waals surface area (Å²) >= 11 is 3.30. The molecule has 1 aromatic carbocycles. The van der Waals surface area contributed by atoms with Crippen LogP contribution in [-0.2, 0) is 0 Å². The SMILES string of the molecule is O=C(Nc1cccc(-c2nn[nH]n2)c1)c1ncccc1Br. The number of benzene rings is 1. The second-order valence-electron chi connectivity index (χ2n) is 4.10. The van der Waals surface area contributed by atoms with Crippen molar-refractivity contribution in [3.8, 4) is 11.4 Å². The van der Waals surface area contributed by atoms with E-state index >= 15 is 0 Å². The summed E-state index contributed by atoms with van der Waals surface area (Å²) in [5.74, 6) is 0.165. The zero-order valence-corrected chi connectivity index (χ0v) is 12.2. The lowest BCUT2D eigenvalue weighted by Gasteiger charge is -2.06. The number of nitrogens with one attached hydrogen (secondary N) is 2. The first-order valence-electron chi connectivity index (χ1n) is 6.00. The Kier molecular flexibility index (Phi) is 3.69. The van der Waals surface area contributed by atoms with Gasteiger partial charge < -0.3 is 5.32 Å². The molecule has 104 valence electrons. The molecule has 0 atom stereocenters. The largest absolute Gasteiger partial charge is 0.321 e. The second kappa shape index (κ2) is 5.80. The summed E-state index contributed by atoms with van der Waals surface area (Å²) in [4.78, 5) is 16.2. The van der Waals surface area contributed by atoms with E-state index in [1.807, 2.05) is 6.07 Å². The van der Waals surface area contributed by atoms with Gasteiger partial charge in [0.2, 0.25) is 5.82 Å². The van der Waals surface area contributed by atoms with E-state index in [-0.39, 0.29) is 5.91 Å². The molecule has 2 aromatic heterocycles. The molecule has 0 bridgehead atoms. The van der Waals surface area contributed by atoms with Gasteiger partial charge >= 0.3 is 0 Å². The first-order chi connectivity index (χ1) is 10.2. The maximum Gasteiger partial charge on any atom is 0.275 e. The van der Waals surface area contributed by atoms with Crippen LogP contribution in [0.1, 0.15) is 10.5 Å². The predicted molar refractivity (Wildman–Crippen MR) is 79.5 cm³/mol. The van der Waals surface area contributed by atoms with Gasteiger partial charge in [0, 0.05) is 21.9 Å². The molecule has 2 heterocycles. The first-order valence-corrected chi connectivity index (χ1v) is 6.79. The van der Waals surface area contributed by atoms with Crippen molar-refractivity contribution in [1.82, 2.24) is 25.6 Å². The lowest BCUT2D eigenvalue weighted by atomic mass is 10.2. The van der Waals surface area contributed by atoms with Crippen LogP contribution >= 0.6 is 15.9 Å². The predicted octanol–water partition coefficient (Wildman–Crippen LogP) is 2.28. The van der Waals surface area contributed by atoms with Gasteiger partial charge in [0.25, 0.3) is 5.91 Å². The van der Waals surface area contributed by atoms with E-state index in [9.17, 15) is 4.79 Å². The minimum atomic E-state index is -0.298. The maximum atomic E-state index is 12.2. The number of H-pyrrole nitrogens is 1. The Balaban J connectivity index is 1.84. The lowest BCUT2D eigenvalue weighted by Crippen LogP contribution is -2.14. The Morgan fingerprint density at radius 2 is 2.14 bits per heavy atom. The summed E-state index contributed by atoms with van der Waals surface area (Å²) < 4.78 is 0.636. The normalized spacial score (nSPS) is 10.3. The van der Waals surface area contributed by atoms with Crippen molar-refractivity contribution >= 4 is 27.5 Å². The van der Waals surface area contributed by atoms with E-state index in [4.69, 9.17) is 0 Å². The van der Waals surface area contributed by atoms with Crippen LogP contribution in [0.15, 0.2) is 47.1 Å². The van der Waals surface area contributed by atoms with Gasteiger partial charge in [-0.05, 0) is 45.4 Å². The molecule has 0 aliphatic rings. The summed E-state index contributed by atoms with van der Waals surface area (Å²) in [7, 11) is 0. The highest BCUT2D eigenvalue weighted by atomic mass is 79.9. The fraction of sp³-hybridized carbons (Fsp3) is 0. The molecule has 7 nitrogen and oxygen atoms in total. The minimum Gasteiger partial charge on any atom is -0.321 e. The van der Waals surface area contributed by atoms with Crippen LogP contribution in [0.2, 0.25) is 0 Å². The van der Waals surface area contributed by atoms with Gasteiger partial charge in [0.15, 0.2) is 0 Å². The average Bonchev–Trinajstić information content (AvgIpc) is 3.02. The van der Waals surface area contributed by atoms with Crippen LogP contribution in [0.3, 0.4) is 0 Å². The fourth-order valence-corrected chi connectivity index (χ4v) is 2.20. The highest BCUT2D eigenvalue weighted by Gasteiger charge is 2.12. The Morgan fingerprint density at radius 1 is 1.24 bits per heavy atom. The van der Waals surface area contributed by atoms with Crippen LogP contribution in [0.4, 0.5) is 5.69 Å². The monoisotopic (exact) mass is 344 g/mol. The number of carbonyl (C=O) groups excluding carboxylic acids is 1. The number of hydrogen-bond donors (Lipinski definition) is 2. The van der Waals surface area contributed by atoms with E-state index in [0.717, 1.165) is 5.56 Å². The number of halogens is 1. The molecule has 3 rings (SSSR count). The third-order valence-corrected chi connectivity index (χ3v) is 3.34. The first kappa shape index (κ1) is 13.4. The summed E-state index contributed by atoms with van der Waals surface area (Å²) in [6, 6.07) is 10.7. The summed E-state index contributed by atoms with van der Waals surface area (Å²) in [6.07, 6.45) is 1.56. The van der Waals surface area contributed by atoms with Crippen LogP contribution in [0.5, 0.6) is 0 Å². The van der Waals surface area contributed by atoms with Gasteiger partial charge in [-0.1, -0.05) is 12.1 Å². The molecule has 3 aromatic rings. The van der Waals surface area contributed by atoms with Crippen LogP contribution in [-0.4, -0.2) is 31.5 Å². The van der Waals surface area contributed by atoms with E-state index in [1.54, 1.807) is 36.5 Å². The van der Waals surface area contributed by atoms with Gasteiger partial charge in [0.1, 0.15) is 5.69 Å². The van der Waals surface area contributed by atoms with E-state index in [1.165, 1.54) is 0 Å². The molecule has 2 N–H and O–H groups in total. The van der Waals surface area contributed by atoms with Crippen molar-refractivity contribution in [2.45, 2.75) is 0 Å². The standard InChI is InChI=1S/C13H9BrN6O/c14-10-5-2-6-15-11(10)13(21)16-9-4-1-3-8(7-9)12-17-19-20-18-12/h1-7H,(H,16,21)(H,17,18,19,20). The van der Waals surface area contributed by atoms with Crippen LogP contribution in [0, 0.1) is 0 Å². The molecule has 0 fully saturated rings. The highest BCUT2D eigenvalue weighted by molar-refractivity contribution is 9.10. The van der Waals surface area contributed by atoms with E-state index in [2.05, 4.69) is 46.9 Å².